The maximum Gasteiger partial charge on any atom is 0.302 e. The number of esters is 1. The summed E-state index contributed by atoms with van der Waals surface area (Å²) < 4.78 is 11.1. The van der Waals surface area contributed by atoms with Crippen molar-refractivity contribution in [1.29, 1.82) is 0 Å². The third-order valence-electron chi connectivity index (χ3n) is 10.7. The summed E-state index contributed by atoms with van der Waals surface area (Å²) in [4.78, 5) is 11.5. The molecule has 1 aromatic rings. The number of anilines is 1. The zero-order valence-corrected chi connectivity index (χ0v) is 21.9. The van der Waals surface area contributed by atoms with E-state index in [0.717, 1.165) is 49.0 Å². The van der Waals surface area contributed by atoms with Gasteiger partial charge in [0.2, 0.25) is 0 Å². The van der Waals surface area contributed by atoms with E-state index in [1.165, 1.54) is 31.9 Å². The second-order valence-electron chi connectivity index (χ2n) is 12.3. The zero-order valence-electron chi connectivity index (χ0n) is 21.9. The first-order chi connectivity index (χ1) is 16.7. The number of carbonyl (C=O) groups excluding carboxylic acids is 1. The van der Waals surface area contributed by atoms with Gasteiger partial charge in [0.05, 0.1) is 18.8 Å². The minimum Gasteiger partial charge on any atom is -0.497 e. The second kappa shape index (κ2) is 8.11. The van der Waals surface area contributed by atoms with E-state index in [2.05, 4.69) is 50.1 Å². The van der Waals surface area contributed by atoms with Crippen LogP contribution in [0.2, 0.25) is 0 Å². The summed E-state index contributed by atoms with van der Waals surface area (Å²) in [5.74, 6) is 3.45. The highest BCUT2D eigenvalue weighted by molar-refractivity contribution is 5.94. The molecule has 5 nitrogen and oxygen atoms in total. The summed E-state index contributed by atoms with van der Waals surface area (Å²) >= 11 is 0. The van der Waals surface area contributed by atoms with Crippen molar-refractivity contribution in [2.24, 2.45) is 39.6 Å². The van der Waals surface area contributed by atoms with Crippen LogP contribution in [-0.4, -0.2) is 30.9 Å². The van der Waals surface area contributed by atoms with Gasteiger partial charge in [0.1, 0.15) is 11.9 Å². The Bertz CT molecular complexity index is 1090. The topological polar surface area (TPSA) is 51.1 Å². The summed E-state index contributed by atoms with van der Waals surface area (Å²) in [6.45, 7) is 9.00. The van der Waals surface area contributed by atoms with Crippen molar-refractivity contribution in [3.8, 4) is 5.75 Å². The highest BCUT2D eigenvalue weighted by Gasteiger charge is 2.63. The van der Waals surface area contributed by atoms with Gasteiger partial charge in [0, 0.05) is 31.0 Å². The number of allylic oxidation sites excluding steroid dienone is 1. The molecule has 1 heterocycles. The minimum absolute atomic E-state index is 0.0702. The predicted octanol–water partition coefficient (Wildman–Crippen LogP) is 6.38. The second-order valence-corrected chi connectivity index (χ2v) is 12.3. The third-order valence-corrected chi connectivity index (χ3v) is 10.7. The number of hydrogen-bond donors (Lipinski definition) is 0. The molecule has 3 saturated carbocycles. The van der Waals surface area contributed by atoms with Gasteiger partial charge < -0.3 is 9.47 Å². The van der Waals surface area contributed by atoms with Crippen molar-refractivity contribution in [3.63, 3.8) is 0 Å². The Balaban J connectivity index is 1.27. The maximum atomic E-state index is 11.5. The molecular weight excluding hydrogens is 436 g/mol. The molecule has 1 aromatic carbocycles. The molecule has 35 heavy (non-hydrogen) atoms. The predicted molar refractivity (Wildman–Crippen MR) is 138 cm³/mol. The number of carbonyl (C=O) groups is 1. The zero-order chi connectivity index (χ0) is 24.5. The number of nitrogens with zero attached hydrogens (tertiary/aromatic N) is 2. The van der Waals surface area contributed by atoms with E-state index in [1.54, 1.807) is 12.7 Å². The van der Waals surface area contributed by atoms with Crippen molar-refractivity contribution in [2.75, 3.05) is 12.1 Å². The molecule has 5 aliphatic rings. The lowest BCUT2D eigenvalue weighted by Gasteiger charge is -2.58. The molecule has 0 unspecified atom stereocenters. The standard InChI is InChI=1S/C30H40N2O3/c1-18-28-27(31-32(18)21-7-6-8-22(16-21)34-5)17-26-24-10-9-20-15-23(35-19(2)33)11-13-29(20,3)25(24)12-14-30(26,28)4/h6-9,16,18,23-26,28H,10-15,17H2,1-5H3/t18-,23-,24+,25-,26-,28-,29-,30-/m0/s1. The van der Waals surface area contributed by atoms with E-state index in [9.17, 15) is 4.79 Å². The van der Waals surface area contributed by atoms with Crippen molar-refractivity contribution in [1.82, 2.24) is 0 Å². The van der Waals surface area contributed by atoms with Crippen molar-refractivity contribution in [3.05, 3.63) is 35.9 Å². The van der Waals surface area contributed by atoms with Crippen LogP contribution in [0, 0.1) is 34.5 Å². The molecule has 188 valence electrons. The smallest absolute Gasteiger partial charge is 0.302 e. The number of rotatable bonds is 3. The van der Waals surface area contributed by atoms with Gasteiger partial charge in [0.25, 0.3) is 0 Å². The number of hydrogen-bond acceptors (Lipinski definition) is 5. The van der Waals surface area contributed by atoms with E-state index in [4.69, 9.17) is 14.6 Å². The molecule has 0 radical (unpaired) electrons. The lowest BCUT2D eigenvalue weighted by Crippen LogP contribution is -2.52. The molecule has 3 fully saturated rings. The van der Waals surface area contributed by atoms with Crippen molar-refractivity contribution >= 4 is 17.4 Å². The van der Waals surface area contributed by atoms with Gasteiger partial charge in [0.15, 0.2) is 0 Å². The number of fused-ring (bicyclic) bond motifs is 7. The molecule has 0 N–H and O–H groups in total. The van der Waals surface area contributed by atoms with Crippen LogP contribution < -0.4 is 9.75 Å². The Morgan fingerprint density at radius 1 is 1.14 bits per heavy atom. The number of benzene rings is 1. The van der Waals surface area contributed by atoms with Crippen molar-refractivity contribution in [2.45, 2.75) is 84.8 Å². The molecule has 0 saturated heterocycles. The SMILES string of the molecule is COc1cccc(N2N=C3C[C@H]4[C@@H]5CC=C6C[C@@H](OC(C)=O)CC[C@]6(C)[C@H]5CC[C@]4(C)[C@H]3[C@@H]2C)c1. The first kappa shape index (κ1) is 23.1. The third kappa shape index (κ3) is 3.40. The largest absolute Gasteiger partial charge is 0.497 e. The molecule has 0 amide bonds. The molecule has 0 bridgehead atoms. The number of ether oxygens (including phenoxy) is 2. The van der Waals surface area contributed by atoms with Crippen LogP contribution in [0.3, 0.4) is 0 Å². The fraction of sp³-hybridized carbons (Fsp3) is 0.667. The Morgan fingerprint density at radius 2 is 1.97 bits per heavy atom. The van der Waals surface area contributed by atoms with Gasteiger partial charge in [-0.3, -0.25) is 9.80 Å². The fourth-order valence-corrected chi connectivity index (χ4v) is 9.16. The van der Waals surface area contributed by atoms with Gasteiger partial charge in [-0.1, -0.05) is 31.6 Å². The van der Waals surface area contributed by atoms with Crippen LogP contribution in [-0.2, 0) is 9.53 Å². The average molecular weight is 477 g/mol. The minimum atomic E-state index is -0.142. The molecular formula is C30H40N2O3. The lowest BCUT2D eigenvalue weighted by atomic mass is 9.47. The Morgan fingerprint density at radius 3 is 2.74 bits per heavy atom. The van der Waals surface area contributed by atoms with Crippen LogP contribution in [0.5, 0.6) is 5.75 Å². The number of hydrazone groups is 1. The summed E-state index contributed by atoms with van der Waals surface area (Å²) in [5.41, 5.74) is 4.69. The van der Waals surface area contributed by atoms with Crippen LogP contribution in [0.4, 0.5) is 5.69 Å². The van der Waals surface area contributed by atoms with E-state index >= 15 is 0 Å². The molecule has 4 aliphatic carbocycles. The first-order valence-electron chi connectivity index (χ1n) is 13.6. The quantitative estimate of drug-likeness (QED) is 0.375. The van der Waals surface area contributed by atoms with E-state index in [1.807, 2.05) is 6.07 Å². The highest BCUT2D eigenvalue weighted by atomic mass is 16.5. The highest BCUT2D eigenvalue weighted by Crippen LogP contribution is 2.67. The normalized spacial score (nSPS) is 41.7. The molecule has 0 spiro atoms. The Labute approximate surface area is 209 Å². The van der Waals surface area contributed by atoms with Crippen molar-refractivity contribution < 1.29 is 14.3 Å². The van der Waals surface area contributed by atoms with Gasteiger partial charge in [-0.25, -0.2) is 0 Å². The summed E-state index contributed by atoms with van der Waals surface area (Å²) in [7, 11) is 1.73. The average Bonchev–Trinajstić information content (AvgIpc) is 3.32. The molecule has 8 atom stereocenters. The van der Waals surface area contributed by atoms with Gasteiger partial charge in [-0.2, -0.15) is 5.10 Å². The summed E-state index contributed by atoms with van der Waals surface area (Å²) in [6.07, 6.45) is 10.6. The van der Waals surface area contributed by atoms with Gasteiger partial charge >= 0.3 is 5.97 Å². The lowest BCUT2D eigenvalue weighted by molar-refractivity contribution is -0.148. The van der Waals surface area contributed by atoms with Crippen LogP contribution in [0.25, 0.3) is 0 Å². The first-order valence-corrected chi connectivity index (χ1v) is 13.6. The van der Waals surface area contributed by atoms with Crippen LogP contribution in [0.1, 0.15) is 72.6 Å². The molecule has 1 aliphatic heterocycles. The van der Waals surface area contributed by atoms with Crippen LogP contribution in [0.15, 0.2) is 41.0 Å². The number of methoxy groups -OCH3 is 1. The fourth-order valence-electron chi connectivity index (χ4n) is 9.16. The maximum absolute atomic E-state index is 11.5. The van der Waals surface area contributed by atoms with E-state index in [0.29, 0.717) is 23.3 Å². The molecule has 5 heteroatoms. The van der Waals surface area contributed by atoms with Gasteiger partial charge in [-0.05, 0) is 86.2 Å². The van der Waals surface area contributed by atoms with Crippen LogP contribution >= 0.6 is 0 Å². The Kier molecular flexibility index (Phi) is 5.36. The monoisotopic (exact) mass is 476 g/mol. The molecule has 0 aromatic heterocycles. The summed E-state index contributed by atoms with van der Waals surface area (Å²) in [5, 5.41) is 7.51. The summed E-state index contributed by atoms with van der Waals surface area (Å²) in [6, 6.07) is 8.70. The Hall–Kier alpha value is -2.30. The molecule has 6 rings (SSSR count). The van der Waals surface area contributed by atoms with Gasteiger partial charge in [-0.15, -0.1) is 0 Å². The van der Waals surface area contributed by atoms with E-state index < -0.39 is 0 Å². The van der Waals surface area contributed by atoms with E-state index in [-0.39, 0.29) is 17.5 Å².